The lowest BCUT2D eigenvalue weighted by molar-refractivity contribution is -0.127. The van der Waals surface area contributed by atoms with Gasteiger partial charge in [0.1, 0.15) is 0 Å². The van der Waals surface area contributed by atoms with Crippen LogP contribution in [0.4, 0.5) is 0 Å². The Balaban J connectivity index is 0.00000242. The second kappa shape index (κ2) is 9.16. The molecule has 1 atom stereocenters. The molecule has 0 radical (unpaired) electrons. The van der Waals surface area contributed by atoms with Crippen molar-refractivity contribution < 1.29 is 9.90 Å². The number of aliphatic hydroxyl groups excluding tert-OH is 1. The summed E-state index contributed by atoms with van der Waals surface area (Å²) in [7, 11) is 0. The highest BCUT2D eigenvalue weighted by Gasteiger charge is 2.20. The molecule has 1 aromatic rings. The van der Waals surface area contributed by atoms with E-state index in [1.807, 2.05) is 23.1 Å². The molecule has 4 nitrogen and oxygen atoms in total. The largest absolute Gasteiger partial charge is 0.392 e. The molecule has 0 bridgehead atoms. The van der Waals surface area contributed by atoms with Crippen LogP contribution in [-0.2, 0) is 4.79 Å². The van der Waals surface area contributed by atoms with E-state index in [9.17, 15) is 9.90 Å². The van der Waals surface area contributed by atoms with E-state index in [1.165, 1.54) is 0 Å². The van der Waals surface area contributed by atoms with Crippen LogP contribution in [0.2, 0.25) is 5.02 Å². The van der Waals surface area contributed by atoms with Crippen LogP contribution < -0.4 is 0 Å². The first-order valence-corrected chi connectivity index (χ1v) is 7.56. The van der Waals surface area contributed by atoms with Crippen molar-refractivity contribution in [3.05, 3.63) is 40.9 Å². The Morgan fingerprint density at radius 1 is 1.32 bits per heavy atom. The van der Waals surface area contributed by atoms with Crippen LogP contribution in [-0.4, -0.2) is 59.6 Å². The highest BCUT2D eigenvalue weighted by Crippen LogP contribution is 2.16. The van der Waals surface area contributed by atoms with Crippen LogP contribution >= 0.6 is 24.0 Å². The number of carbonyl (C=O) groups is 1. The van der Waals surface area contributed by atoms with E-state index in [0.717, 1.165) is 18.7 Å². The fourth-order valence-corrected chi connectivity index (χ4v) is 2.60. The number of benzene rings is 1. The molecule has 0 aromatic heterocycles. The van der Waals surface area contributed by atoms with Crippen molar-refractivity contribution >= 4 is 36.0 Å². The fraction of sp³-hybridized carbons (Fsp3) is 0.438. The number of amides is 1. The van der Waals surface area contributed by atoms with Gasteiger partial charge in [-0.15, -0.1) is 12.4 Å². The van der Waals surface area contributed by atoms with Crippen LogP contribution in [0.5, 0.6) is 0 Å². The van der Waals surface area contributed by atoms with E-state index in [2.05, 4.69) is 4.90 Å². The van der Waals surface area contributed by atoms with Gasteiger partial charge >= 0.3 is 0 Å². The minimum absolute atomic E-state index is 0. The lowest BCUT2D eigenvalue weighted by Crippen LogP contribution is -2.49. The Hall–Kier alpha value is -1.07. The lowest BCUT2D eigenvalue weighted by atomic mass is 10.2. The average molecular weight is 345 g/mol. The van der Waals surface area contributed by atoms with E-state index in [4.69, 9.17) is 11.6 Å². The fourth-order valence-electron chi connectivity index (χ4n) is 2.40. The molecule has 22 heavy (non-hydrogen) atoms. The third-order valence-electron chi connectivity index (χ3n) is 3.52. The maximum atomic E-state index is 12.1. The number of halogens is 2. The second-order valence-corrected chi connectivity index (χ2v) is 5.74. The minimum Gasteiger partial charge on any atom is -0.392 e. The van der Waals surface area contributed by atoms with Gasteiger partial charge in [0.05, 0.1) is 6.10 Å². The highest BCUT2D eigenvalue weighted by atomic mass is 35.5. The standard InChI is InChI=1S/C16H21ClN2O2.ClH/c1-13(20)12-18-8-10-19(11-9-18)16(21)7-6-14-4-2-3-5-15(14)17;/h2-7,13,20H,8-12H2,1H3;1H. The molecule has 1 aromatic carbocycles. The molecule has 0 saturated carbocycles. The lowest BCUT2D eigenvalue weighted by Gasteiger charge is -2.34. The molecule has 1 unspecified atom stereocenters. The summed E-state index contributed by atoms with van der Waals surface area (Å²) in [4.78, 5) is 16.1. The van der Waals surface area contributed by atoms with Gasteiger partial charge in [0.25, 0.3) is 0 Å². The topological polar surface area (TPSA) is 43.8 Å². The van der Waals surface area contributed by atoms with Gasteiger partial charge in [0.2, 0.25) is 5.91 Å². The molecule has 1 heterocycles. The molecule has 1 fully saturated rings. The van der Waals surface area contributed by atoms with Gasteiger partial charge in [-0.1, -0.05) is 29.8 Å². The zero-order valence-corrected chi connectivity index (χ0v) is 14.2. The van der Waals surface area contributed by atoms with Crippen molar-refractivity contribution in [1.82, 2.24) is 9.80 Å². The van der Waals surface area contributed by atoms with Gasteiger partial charge in [0, 0.05) is 43.8 Å². The van der Waals surface area contributed by atoms with Gasteiger partial charge < -0.3 is 10.0 Å². The molecular formula is C16H22Cl2N2O2. The summed E-state index contributed by atoms with van der Waals surface area (Å²) in [5, 5.41) is 10.0. The van der Waals surface area contributed by atoms with Crippen molar-refractivity contribution in [2.24, 2.45) is 0 Å². The van der Waals surface area contributed by atoms with Crippen molar-refractivity contribution in [3.8, 4) is 0 Å². The normalized spacial score (nSPS) is 17.3. The smallest absolute Gasteiger partial charge is 0.246 e. The second-order valence-electron chi connectivity index (χ2n) is 5.33. The number of hydrogen-bond donors (Lipinski definition) is 1. The summed E-state index contributed by atoms with van der Waals surface area (Å²) in [5.74, 6) is 0.00613. The van der Waals surface area contributed by atoms with E-state index in [-0.39, 0.29) is 24.4 Å². The number of β-amino-alcohol motifs (C(OH)–C–C–N with tert-alkyl or cyclic N) is 1. The molecule has 1 N–H and O–H groups in total. The summed E-state index contributed by atoms with van der Waals surface area (Å²) in [6.07, 6.45) is 3.01. The Morgan fingerprint density at radius 2 is 1.95 bits per heavy atom. The Morgan fingerprint density at radius 3 is 2.55 bits per heavy atom. The quantitative estimate of drug-likeness (QED) is 0.852. The molecule has 1 saturated heterocycles. The SMILES string of the molecule is CC(O)CN1CCN(C(=O)C=Cc2ccccc2Cl)CC1.Cl. The molecular weight excluding hydrogens is 323 g/mol. The van der Waals surface area contributed by atoms with Crippen molar-refractivity contribution in [2.75, 3.05) is 32.7 Å². The number of carbonyl (C=O) groups excluding carboxylic acids is 1. The van der Waals surface area contributed by atoms with Crippen LogP contribution in [0.3, 0.4) is 0 Å². The summed E-state index contributed by atoms with van der Waals surface area (Å²) < 4.78 is 0. The molecule has 122 valence electrons. The Labute approximate surface area is 142 Å². The highest BCUT2D eigenvalue weighted by molar-refractivity contribution is 6.32. The molecule has 6 heteroatoms. The summed E-state index contributed by atoms with van der Waals surface area (Å²) in [6.45, 7) is 5.44. The van der Waals surface area contributed by atoms with Crippen molar-refractivity contribution in [3.63, 3.8) is 0 Å². The first-order valence-electron chi connectivity index (χ1n) is 7.18. The Kier molecular flexibility index (Phi) is 7.90. The van der Waals surface area contributed by atoms with E-state index in [0.29, 0.717) is 24.7 Å². The first kappa shape index (κ1) is 19.0. The van der Waals surface area contributed by atoms with E-state index < -0.39 is 0 Å². The minimum atomic E-state index is -0.327. The number of hydrogen-bond acceptors (Lipinski definition) is 3. The summed E-state index contributed by atoms with van der Waals surface area (Å²) in [6, 6.07) is 7.45. The number of nitrogens with zero attached hydrogens (tertiary/aromatic N) is 2. The molecule has 0 spiro atoms. The molecule has 0 aliphatic carbocycles. The van der Waals surface area contributed by atoms with Crippen LogP contribution in [0.25, 0.3) is 6.08 Å². The molecule has 1 amide bonds. The summed E-state index contributed by atoms with van der Waals surface area (Å²) >= 11 is 6.05. The third kappa shape index (κ3) is 5.61. The van der Waals surface area contributed by atoms with Crippen molar-refractivity contribution in [1.29, 1.82) is 0 Å². The van der Waals surface area contributed by atoms with Gasteiger partial charge in [-0.2, -0.15) is 0 Å². The monoisotopic (exact) mass is 344 g/mol. The number of aliphatic hydroxyl groups is 1. The number of piperazine rings is 1. The predicted octanol–water partition coefficient (Wildman–Crippen LogP) is 2.30. The van der Waals surface area contributed by atoms with Crippen molar-refractivity contribution in [2.45, 2.75) is 13.0 Å². The molecule has 1 aliphatic rings. The van der Waals surface area contributed by atoms with Crippen LogP contribution in [0.1, 0.15) is 12.5 Å². The maximum absolute atomic E-state index is 12.1. The van der Waals surface area contributed by atoms with Gasteiger partial charge in [-0.25, -0.2) is 0 Å². The zero-order valence-electron chi connectivity index (χ0n) is 12.6. The predicted molar refractivity (Wildman–Crippen MR) is 92.4 cm³/mol. The summed E-state index contributed by atoms with van der Waals surface area (Å²) in [5.41, 5.74) is 0.847. The third-order valence-corrected chi connectivity index (χ3v) is 3.86. The van der Waals surface area contributed by atoms with Gasteiger partial charge in [-0.05, 0) is 24.6 Å². The van der Waals surface area contributed by atoms with E-state index >= 15 is 0 Å². The van der Waals surface area contributed by atoms with Gasteiger partial charge in [-0.3, -0.25) is 9.69 Å². The van der Waals surface area contributed by atoms with Gasteiger partial charge in [0.15, 0.2) is 0 Å². The van der Waals surface area contributed by atoms with Crippen LogP contribution in [0.15, 0.2) is 30.3 Å². The Bertz CT molecular complexity index is 513. The first-order chi connectivity index (χ1) is 10.1. The van der Waals surface area contributed by atoms with Crippen LogP contribution in [0, 0.1) is 0 Å². The molecule has 2 rings (SSSR count). The number of rotatable bonds is 4. The average Bonchev–Trinajstić information content (AvgIpc) is 2.46. The maximum Gasteiger partial charge on any atom is 0.246 e. The zero-order chi connectivity index (χ0) is 15.2. The van der Waals surface area contributed by atoms with E-state index in [1.54, 1.807) is 25.1 Å². The molecule has 1 aliphatic heterocycles.